The Labute approximate surface area is 111 Å². The summed E-state index contributed by atoms with van der Waals surface area (Å²) in [6.07, 6.45) is 2.56. The van der Waals surface area contributed by atoms with E-state index in [1.54, 1.807) is 25.4 Å². The zero-order valence-corrected chi connectivity index (χ0v) is 10.8. The van der Waals surface area contributed by atoms with Crippen LogP contribution in [-0.2, 0) is 4.74 Å². The molecule has 0 bridgehead atoms. The van der Waals surface area contributed by atoms with Crippen molar-refractivity contribution in [1.29, 1.82) is 5.26 Å². The lowest BCUT2D eigenvalue weighted by Gasteiger charge is -2.31. The molecule has 0 unspecified atom stereocenters. The highest BCUT2D eigenvalue weighted by atomic mass is 16.5. The summed E-state index contributed by atoms with van der Waals surface area (Å²) in [4.78, 5) is 16.2. The Morgan fingerprint density at radius 2 is 2.26 bits per heavy atom. The predicted octanol–water partition coefficient (Wildman–Crippen LogP) is 0.926. The largest absolute Gasteiger partial charge is 0.388 e. The molecule has 2 N–H and O–H groups in total. The Morgan fingerprint density at radius 1 is 1.53 bits per heavy atom. The molecule has 1 aliphatic heterocycles. The molecule has 0 aliphatic carbocycles. The third kappa shape index (κ3) is 3.01. The van der Waals surface area contributed by atoms with Crippen LogP contribution in [0, 0.1) is 11.3 Å². The van der Waals surface area contributed by atoms with E-state index < -0.39 is 5.54 Å². The molecule has 0 atom stereocenters. The molecule has 19 heavy (non-hydrogen) atoms. The maximum Gasteiger partial charge on any atom is 0.271 e. The zero-order chi connectivity index (χ0) is 13.7. The molecule has 0 aromatic carbocycles. The molecule has 1 fully saturated rings. The van der Waals surface area contributed by atoms with Gasteiger partial charge in [0.15, 0.2) is 0 Å². The van der Waals surface area contributed by atoms with Crippen molar-refractivity contribution < 1.29 is 9.53 Å². The van der Waals surface area contributed by atoms with E-state index in [4.69, 9.17) is 4.74 Å². The first-order valence-corrected chi connectivity index (χ1v) is 6.14. The van der Waals surface area contributed by atoms with Gasteiger partial charge in [-0.1, -0.05) is 0 Å². The minimum Gasteiger partial charge on any atom is -0.388 e. The molecular formula is C13H16N4O2. The van der Waals surface area contributed by atoms with E-state index in [0.717, 1.165) is 5.69 Å². The molecule has 1 aliphatic rings. The number of aromatic nitrogens is 1. The summed E-state index contributed by atoms with van der Waals surface area (Å²) in [5.74, 6) is -0.333. The van der Waals surface area contributed by atoms with Crippen LogP contribution in [0.3, 0.4) is 0 Å². The lowest BCUT2D eigenvalue weighted by Crippen LogP contribution is -2.51. The molecular weight excluding hydrogens is 244 g/mol. The Bertz CT molecular complexity index is 504. The fourth-order valence-electron chi connectivity index (χ4n) is 1.98. The number of nitrogens with one attached hydrogen (secondary N) is 2. The van der Waals surface area contributed by atoms with Crippen molar-refractivity contribution in [2.75, 3.05) is 25.6 Å². The summed E-state index contributed by atoms with van der Waals surface area (Å²) in [7, 11) is 1.77. The summed E-state index contributed by atoms with van der Waals surface area (Å²) < 4.78 is 5.22. The van der Waals surface area contributed by atoms with Gasteiger partial charge >= 0.3 is 0 Å². The van der Waals surface area contributed by atoms with E-state index in [-0.39, 0.29) is 5.91 Å². The number of amides is 1. The quantitative estimate of drug-likeness (QED) is 0.844. The monoisotopic (exact) mass is 260 g/mol. The van der Waals surface area contributed by atoms with Crippen LogP contribution in [0.25, 0.3) is 0 Å². The Balaban J connectivity index is 2.13. The van der Waals surface area contributed by atoms with Crippen molar-refractivity contribution in [1.82, 2.24) is 10.3 Å². The molecule has 6 heteroatoms. The van der Waals surface area contributed by atoms with Gasteiger partial charge in [-0.15, -0.1) is 0 Å². The van der Waals surface area contributed by atoms with Gasteiger partial charge in [-0.2, -0.15) is 5.26 Å². The van der Waals surface area contributed by atoms with Crippen molar-refractivity contribution in [3.8, 4) is 6.07 Å². The van der Waals surface area contributed by atoms with Crippen molar-refractivity contribution in [3.63, 3.8) is 0 Å². The van der Waals surface area contributed by atoms with E-state index in [1.165, 1.54) is 0 Å². The molecule has 0 saturated carbocycles. The van der Waals surface area contributed by atoms with Crippen LogP contribution in [-0.4, -0.2) is 36.7 Å². The van der Waals surface area contributed by atoms with Crippen molar-refractivity contribution in [2.45, 2.75) is 18.4 Å². The van der Waals surface area contributed by atoms with Gasteiger partial charge in [0, 0.05) is 45.0 Å². The molecule has 2 heterocycles. The Hall–Kier alpha value is -2.13. The molecule has 0 radical (unpaired) electrons. The maximum absolute atomic E-state index is 12.2. The van der Waals surface area contributed by atoms with E-state index in [9.17, 15) is 10.1 Å². The second-order valence-electron chi connectivity index (χ2n) is 4.44. The van der Waals surface area contributed by atoms with Gasteiger partial charge in [0.1, 0.15) is 11.2 Å². The number of pyridine rings is 1. The average molecular weight is 260 g/mol. The Kier molecular flexibility index (Phi) is 3.97. The van der Waals surface area contributed by atoms with E-state index >= 15 is 0 Å². The highest BCUT2D eigenvalue weighted by Crippen LogP contribution is 2.20. The van der Waals surface area contributed by atoms with Gasteiger partial charge in [0.05, 0.1) is 6.07 Å². The summed E-state index contributed by atoms with van der Waals surface area (Å²) in [6.45, 7) is 0.968. The van der Waals surface area contributed by atoms with Crippen LogP contribution >= 0.6 is 0 Å². The van der Waals surface area contributed by atoms with Crippen LogP contribution in [0.4, 0.5) is 5.69 Å². The van der Waals surface area contributed by atoms with Gasteiger partial charge < -0.3 is 15.4 Å². The van der Waals surface area contributed by atoms with Crippen molar-refractivity contribution >= 4 is 11.6 Å². The topological polar surface area (TPSA) is 87.0 Å². The fourth-order valence-corrected chi connectivity index (χ4v) is 1.98. The molecule has 0 spiro atoms. The number of carbonyl (C=O) groups excluding carboxylic acids is 1. The minimum atomic E-state index is -0.841. The number of hydrogen-bond donors (Lipinski definition) is 2. The van der Waals surface area contributed by atoms with Crippen LogP contribution in [0.2, 0.25) is 0 Å². The normalized spacial score (nSPS) is 17.3. The number of carbonyl (C=O) groups is 1. The molecule has 100 valence electrons. The first kappa shape index (κ1) is 13.3. The molecule has 1 saturated heterocycles. The van der Waals surface area contributed by atoms with Crippen LogP contribution in [0.5, 0.6) is 0 Å². The molecule has 2 rings (SSSR count). The molecule has 1 amide bonds. The lowest BCUT2D eigenvalue weighted by molar-refractivity contribution is 0.0529. The van der Waals surface area contributed by atoms with E-state index in [0.29, 0.717) is 31.7 Å². The van der Waals surface area contributed by atoms with Crippen molar-refractivity contribution in [2.24, 2.45) is 0 Å². The zero-order valence-electron chi connectivity index (χ0n) is 10.8. The average Bonchev–Trinajstić information content (AvgIpc) is 2.48. The highest BCUT2D eigenvalue weighted by Gasteiger charge is 2.34. The highest BCUT2D eigenvalue weighted by molar-refractivity contribution is 5.93. The van der Waals surface area contributed by atoms with Crippen LogP contribution in [0.15, 0.2) is 18.3 Å². The number of nitrogens with zero attached hydrogens (tertiary/aromatic N) is 2. The Morgan fingerprint density at radius 3 is 2.89 bits per heavy atom. The minimum absolute atomic E-state index is 0.299. The SMILES string of the molecule is CNc1ccnc(C(=O)NC2(C#N)CCOCC2)c1. The fraction of sp³-hybridized carbons (Fsp3) is 0.462. The van der Waals surface area contributed by atoms with Gasteiger partial charge in [-0.05, 0) is 12.1 Å². The summed E-state index contributed by atoms with van der Waals surface area (Å²) in [5.41, 5.74) is 0.262. The van der Waals surface area contributed by atoms with Gasteiger partial charge in [-0.3, -0.25) is 9.78 Å². The maximum atomic E-state index is 12.2. The number of anilines is 1. The van der Waals surface area contributed by atoms with Gasteiger partial charge in [0.25, 0.3) is 5.91 Å². The van der Waals surface area contributed by atoms with Gasteiger partial charge in [0.2, 0.25) is 0 Å². The number of hydrogen-bond acceptors (Lipinski definition) is 5. The first-order chi connectivity index (χ1) is 9.19. The predicted molar refractivity (Wildman–Crippen MR) is 69.6 cm³/mol. The van der Waals surface area contributed by atoms with Crippen LogP contribution in [0.1, 0.15) is 23.3 Å². The summed E-state index contributed by atoms with van der Waals surface area (Å²) >= 11 is 0. The lowest BCUT2D eigenvalue weighted by atomic mass is 9.91. The van der Waals surface area contributed by atoms with Crippen molar-refractivity contribution in [3.05, 3.63) is 24.0 Å². The standard InChI is InChI=1S/C13H16N4O2/c1-15-10-2-5-16-11(8-10)12(18)17-13(9-14)3-6-19-7-4-13/h2,5,8H,3-4,6-7H2,1H3,(H,15,16)(H,17,18). The van der Waals surface area contributed by atoms with E-state index in [1.807, 2.05) is 0 Å². The number of nitriles is 1. The third-order valence-corrected chi connectivity index (χ3v) is 3.19. The first-order valence-electron chi connectivity index (χ1n) is 6.14. The van der Waals surface area contributed by atoms with Gasteiger partial charge in [-0.25, -0.2) is 0 Å². The molecule has 1 aromatic rings. The number of rotatable bonds is 3. The molecule has 1 aromatic heterocycles. The summed E-state index contributed by atoms with van der Waals surface area (Å²) in [5, 5.41) is 15.0. The second-order valence-corrected chi connectivity index (χ2v) is 4.44. The third-order valence-electron chi connectivity index (χ3n) is 3.19. The smallest absolute Gasteiger partial charge is 0.271 e. The second kappa shape index (κ2) is 5.67. The number of ether oxygens (including phenoxy) is 1. The molecule has 6 nitrogen and oxygen atoms in total. The van der Waals surface area contributed by atoms with Crippen LogP contribution < -0.4 is 10.6 Å². The van der Waals surface area contributed by atoms with E-state index in [2.05, 4.69) is 21.7 Å². The summed E-state index contributed by atoms with van der Waals surface area (Å²) in [6, 6.07) is 5.61.